The van der Waals surface area contributed by atoms with Crippen LogP contribution >= 0.6 is 0 Å². The van der Waals surface area contributed by atoms with Crippen LogP contribution in [0.25, 0.3) is 21.9 Å². The summed E-state index contributed by atoms with van der Waals surface area (Å²) in [5, 5.41) is 11.9. The molecule has 1 heterocycles. The van der Waals surface area contributed by atoms with Crippen molar-refractivity contribution < 1.29 is 19.4 Å². The van der Waals surface area contributed by atoms with Crippen molar-refractivity contribution in [2.45, 2.75) is 31.8 Å². The van der Waals surface area contributed by atoms with Crippen LogP contribution in [0.2, 0.25) is 0 Å². The number of methoxy groups -OCH3 is 1. The van der Waals surface area contributed by atoms with Crippen molar-refractivity contribution in [3.05, 3.63) is 84.0 Å². The third-order valence-electron chi connectivity index (χ3n) is 7.12. The van der Waals surface area contributed by atoms with Crippen LogP contribution in [-0.4, -0.2) is 55.2 Å². The fourth-order valence-corrected chi connectivity index (χ4v) is 5.15. The molecule has 3 aromatic carbocycles. The quantitative estimate of drug-likeness (QED) is 0.389. The molecule has 5 heteroatoms. The number of piperidine rings is 1. The van der Waals surface area contributed by atoms with Crippen molar-refractivity contribution in [1.29, 1.82) is 0 Å². The lowest BCUT2D eigenvalue weighted by Crippen LogP contribution is -2.33. The first kappa shape index (κ1) is 24.3. The predicted octanol–water partition coefficient (Wildman–Crippen LogP) is 6.16. The van der Waals surface area contributed by atoms with E-state index < -0.39 is 0 Å². The number of aromatic hydroxyl groups is 1. The van der Waals surface area contributed by atoms with Crippen LogP contribution in [0.4, 0.5) is 0 Å². The zero-order chi connectivity index (χ0) is 24.9. The average molecular weight is 484 g/mol. The maximum atomic E-state index is 13.9. The summed E-state index contributed by atoms with van der Waals surface area (Å²) < 4.78 is 11.5. The Morgan fingerprint density at radius 3 is 2.67 bits per heavy atom. The number of phenolic OH excluding ortho intramolecular Hbond substituents is 1. The lowest BCUT2D eigenvalue weighted by molar-refractivity contribution is 0.0609. The van der Waals surface area contributed by atoms with Gasteiger partial charge in [-0.1, -0.05) is 48.9 Å². The van der Waals surface area contributed by atoms with Crippen molar-refractivity contribution in [2.75, 3.05) is 33.4 Å². The van der Waals surface area contributed by atoms with Gasteiger partial charge >= 0.3 is 0 Å². The number of ether oxygens (including phenoxy) is 2. The van der Waals surface area contributed by atoms with Crippen molar-refractivity contribution in [2.24, 2.45) is 0 Å². The van der Waals surface area contributed by atoms with E-state index in [4.69, 9.17) is 9.47 Å². The molecule has 0 radical (unpaired) electrons. The Morgan fingerprint density at radius 1 is 1.06 bits per heavy atom. The van der Waals surface area contributed by atoms with Crippen molar-refractivity contribution in [3.63, 3.8) is 0 Å². The van der Waals surface area contributed by atoms with Gasteiger partial charge in [-0.25, -0.2) is 0 Å². The van der Waals surface area contributed by atoms with E-state index >= 15 is 0 Å². The van der Waals surface area contributed by atoms with Gasteiger partial charge in [-0.15, -0.1) is 0 Å². The molecule has 186 valence electrons. The minimum Gasteiger partial charge on any atom is -0.508 e. The van der Waals surface area contributed by atoms with E-state index in [1.807, 2.05) is 54.6 Å². The number of carbonyl (C=O) groups is 1. The second kappa shape index (κ2) is 11.1. The van der Waals surface area contributed by atoms with E-state index in [0.717, 1.165) is 34.2 Å². The molecule has 1 unspecified atom stereocenters. The summed E-state index contributed by atoms with van der Waals surface area (Å²) in [6.07, 6.45) is 10.5. The number of hydrogen-bond donors (Lipinski definition) is 1. The van der Waals surface area contributed by atoms with Crippen molar-refractivity contribution >= 4 is 16.6 Å². The molecular weight excluding hydrogens is 450 g/mol. The molecule has 2 aliphatic rings. The number of nitrogens with zero attached hydrogens (tertiary/aromatic N) is 1. The number of ketones is 1. The summed E-state index contributed by atoms with van der Waals surface area (Å²) in [6, 6.07) is 16.7. The molecular formula is C31H33NO4. The maximum Gasteiger partial charge on any atom is 0.193 e. The summed E-state index contributed by atoms with van der Waals surface area (Å²) in [4.78, 5) is 16.4. The number of likely N-dealkylation sites (tertiary alicyclic amines) is 1. The van der Waals surface area contributed by atoms with E-state index in [2.05, 4.69) is 4.90 Å². The zero-order valence-electron chi connectivity index (χ0n) is 20.8. The molecule has 0 saturated carbocycles. The van der Waals surface area contributed by atoms with E-state index in [1.54, 1.807) is 25.3 Å². The molecule has 1 aliphatic heterocycles. The Hall–Kier alpha value is -3.41. The molecule has 1 aliphatic carbocycles. The largest absolute Gasteiger partial charge is 0.508 e. The van der Waals surface area contributed by atoms with E-state index in [0.29, 0.717) is 24.2 Å². The number of hydrogen-bond acceptors (Lipinski definition) is 5. The van der Waals surface area contributed by atoms with Crippen LogP contribution in [0.3, 0.4) is 0 Å². The smallest absolute Gasteiger partial charge is 0.193 e. The maximum absolute atomic E-state index is 13.9. The van der Waals surface area contributed by atoms with Gasteiger partial charge < -0.3 is 19.5 Å². The lowest BCUT2D eigenvalue weighted by Gasteiger charge is -2.27. The number of allylic oxidation sites excluding steroid dienone is 2. The summed E-state index contributed by atoms with van der Waals surface area (Å²) in [7, 11) is 1.64. The monoisotopic (exact) mass is 483 g/mol. The number of benzene rings is 3. The molecule has 3 aromatic rings. The van der Waals surface area contributed by atoms with Crippen LogP contribution in [0, 0.1) is 0 Å². The lowest BCUT2D eigenvalue weighted by atomic mass is 9.87. The first-order valence-corrected chi connectivity index (χ1v) is 12.8. The summed E-state index contributed by atoms with van der Waals surface area (Å²) in [5.41, 5.74) is 2.88. The molecule has 1 fully saturated rings. The average Bonchev–Trinajstić information content (AvgIpc) is 2.92. The second-order valence-electron chi connectivity index (χ2n) is 9.52. The molecule has 36 heavy (non-hydrogen) atoms. The fraction of sp³-hybridized carbons (Fsp3) is 0.323. The number of carbonyl (C=O) groups excluding carboxylic acids is 1. The van der Waals surface area contributed by atoms with E-state index in [1.165, 1.54) is 32.4 Å². The van der Waals surface area contributed by atoms with Crippen molar-refractivity contribution in [3.8, 4) is 22.6 Å². The molecule has 0 aromatic heterocycles. The van der Waals surface area contributed by atoms with Gasteiger partial charge in [0.15, 0.2) is 5.78 Å². The van der Waals surface area contributed by atoms with Crippen LogP contribution < -0.4 is 4.74 Å². The van der Waals surface area contributed by atoms with Crippen LogP contribution in [0.15, 0.2) is 78.4 Å². The van der Waals surface area contributed by atoms with Crippen LogP contribution in [0.1, 0.15) is 36.0 Å². The van der Waals surface area contributed by atoms with Gasteiger partial charge in [0.25, 0.3) is 0 Å². The summed E-state index contributed by atoms with van der Waals surface area (Å²) in [5.74, 6) is 0.876. The number of rotatable bonds is 8. The number of phenols is 1. The molecule has 0 amide bonds. The van der Waals surface area contributed by atoms with Gasteiger partial charge in [0.05, 0.1) is 19.8 Å². The highest BCUT2D eigenvalue weighted by atomic mass is 16.5. The molecule has 5 nitrogen and oxygen atoms in total. The van der Waals surface area contributed by atoms with Gasteiger partial charge in [0.1, 0.15) is 11.5 Å². The number of Topliss-reactive ketones (excluding diaryl/α,β-unsaturated/α-hetero) is 1. The van der Waals surface area contributed by atoms with Crippen LogP contribution in [0.5, 0.6) is 11.5 Å². The minimum atomic E-state index is -0.0351. The Balaban J connectivity index is 1.38. The molecule has 0 bridgehead atoms. The van der Waals surface area contributed by atoms with Gasteiger partial charge in [0.2, 0.25) is 0 Å². The Kier molecular flexibility index (Phi) is 7.49. The Labute approximate surface area is 212 Å². The van der Waals surface area contributed by atoms with Gasteiger partial charge in [-0.05, 0) is 84.6 Å². The molecule has 1 saturated heterocycles. The standard InChI is InChI=1S/C31H33NO4/c1-35-27-13-15-29-24(21-27)10-14-28(23-6-5-7-25(33)20-23)30(29)31(34)22-8-11-26(12-9-22)36-19-18-32-16-3-2-4-17-32/h5-11,13-15,20-21,26,33H,2-4,12,16-19H2,1H3. The first-order valence-electron chi connectivity index (χ1n) is 12.8. The highest BCUT2D eigenvalue weighted by Crippen LogP contribution is 2.35. The predicted molar refractivity (Wildman–Crippen MR) is 144 cm³/mol. The van der Waals surface area contributed by atoms with Crippen molar-refractivity contribution in [1.82, 2.24) is 4.90 Å². The third-order valence-corrected chi connectivity index (χ3v) is 7.12. The summed E-state index contributed by atoms with van der Waals surface area (Å²) in [6.45, 7) is 4.01. The van der Waals surface area contributed by atoms with E-state index in [9.17, 15) is 9.90 Å². The summed E-state index contributed by atoms with van der Waals surface area (Å²) >= 11 is 0. The second-order valence-corrected chi connectivity index (χ2v) is 9.52. The molecule has 5 rings (SSSR count). The normalized spacial score (nSPS) is 18.2. The first-order chi connectivity index (χ1) is 17.6. The van der Waals surface area contributed by atoms with Crippen LogP contribution in [-0.2, 0) is 4.74 Å². The van der Waals surface area contributed by atoms with Gasteiger partial charge in [-0.2, -0.15) is 0 Å². The highest BCUT2D eigenvalue weighted by Gasteiger charge is 2.22. The third kappa shape index (κ3) is 5.38. The number of fused-ring (bicyclic) bond motifs is 1. The van der Waals surface area contributed by atoms with Gasteiger partial charge in [0, 0.05) is 17.7 Å². The zero-order valence-corrected chi connectivity index (χ0v) is 20.8. The molecule has 0 spiro atoms. The molecule has 1 atom stereocenters. The topological polar surface area (TPSA) is 59.0 Å². The van der Waals surface area contributed by atoms with Gasteiger partial charge in [-0.3, -0.25) is 4.79 Å². The highest BCUT2D eigenvalue weighted by molar-refractivity contribution is 6.21. The SMILES string of the molecule is COc1ccc2c(C(=O)C3=CCC(OCCN4CCCCC4)C=C3)c(-c3cccc(O)c3)ccc2c1. The minimum absolute atomic E-state index is 0.00587. The fourth-order valence-electron chi connectivity index (χ4n) is 5.15. The van der Waals surface area contributed by atoms with E-state index in [-0.39, 0.29) is 17.6 Å². The Bertz CT molecular complexity index is 1300. The molecule has 1 N–H and O–H groups in total. The Morgan fingerprint density at radius 2 is 1.92 bits per heavy atom.